The molecule has 1 aromatic heterocycles. The van der Waals surface area contributed by atoms with Crippen LogP contribution in [0, 0.1) is 0 Å². The van der Waals surface area contributed by atoms with Gasteiger partial charge in [0, 0.05) is 11.1 Å². The summed E-state index contributed by atoms with van der Waals surface area (Å²) >= 11 is 11.6. The maximum atomic E-state index is 12.3. The van der Waals surface area contributed by atoms with Crippen LogP contribution in [0.3, 0.4) is 0 Å². The van der Waals surface area contributed by atoms with Gasteiger partial charge in [-0.05, 0) is 71.1 Å². The summed E-state index contributed by atoms with van der Waals surface area (Å²) in [5.41, 5.74) is -0.284. The van der Waals surface area contributed by atoms with Crippen LogP contribution in [0.5, 0.6) is 5.75 Å². The van der Waals surface area contributed by atoms with E-state index in [1.54, 1.807) is 0 Å². The second-order valence-corrected chi connectivity index (χ2v) is 13.3. The molecular weight excluding hydrogens is 663 g/mol. The molecule has 0 aliphatic heterocycles. The molecule has 4 rings (SSSR count). The third kappa shape index (κ3) is 7.83. The largest absolute Gasteiger partial charge is 0.505 e. The van der Waals surface area contributed by atoms with Crippen molar-refractivity contribution in [3.05, 3.63) is 59.1 Å². The molecular formula is C21H16Cl2N6O10S3. The van der Waals surface area contributed by atoms with Crippen LogP contribution in [0.1, 0.15) is 0 Å². The quantitative estimate of drug-likeness (QED) is 0.136. The first-order valence-electron chi connectivity index (χ1n) is 11.0. The van der Waals surface area contributed by atoms with Crippen LogP contribution >= 0.6 is 23.2 Å². The number of rotatable bonds is 10. The van der Waals surface area contributed by atoms with E-state index >= 15 is 0 Å². The number of benzene rings is 3. The Kier molecular flexibility index (Phi) is 8.94. The predicted octanol–water partition coefficient (Wildman–Crippen LogP) is 4.04. The summed E-state index contributed by atoms with van der Waals surface area (Å²) in [5, 5.41) is 21.3. The summed E-state index contributed by atoms with van der Waals surface area (Å²) in [7, 11) is -13.7. The topological polar surface area (TPSA) is 248 Å². The molecule has 0 bridgehead atoms. The van der Waals surface area contributed by atoms with Gasteiger partial charge in [-0.1, -0.05) is 6.07 Å². The number of aromatic nitrogens is 3. The average molecular weight is 679 g/mol. The molecule has 0 saturated heterocycles. The number of nitrogens with zero attached hydrogens (tertiary/aromatic N) is 5. The Bertz CT molecular complexity index is 2020. The van der Waals surface area contributed by atoms with Gasteiger partial charge in [0.15, 0.2) is 15.6 Å². The molecule has 0 unspecified atom stereocenters. The molecule has 21 heteroatoms. The SMILES string of the molecule is O=S(=O)(O)OCCS(=O)(=O)c1ccc(N=Nc2c(S(=O)(=O)O)cc3ccc(Nc4nc(Cl)nc(Cl)n4)cc3c2O)cc1. The summed E-state index contributed by atoms with van der Waals surface area (Å²) in [5.74, 6) is -1.46. The number of fused-ring (bicyclic) bond motifs is 1. The number of azo groups is 1. The molecule has 3 aromatic carbocycles. The van der Waals surface area contributed by atoms with Gasteiger partial charge in [-0.3, -0.25) is 9.11 Å². The number of nitrogens with one attached hydrogen (secondary N) is 1. The van der Waals surface area contributed by atoms with Crippen LogP contribution in [0.25, 0.3) is 10.8 Å². The van der Waals surface area contributed by atoms with E-state index in [1.165, 1.54) is 30.3 Å². The van der Waals surface area contributed by atoms with Crippen molar-refractivity contribution in [1.29, 1.82) is 0 Å². The average Bonchev–Trinajstić information content (AvgIpc) is 2.86. The minimum Gasteiger partial charge on any atom is -0.505 e. The van der Waals surface area contributed by atoms with Crippen LogP contribution in [-0.4, -0.2) is 66.8 Å². The van der Waals surface area contributed by atoms with E-state index in [0.717, 1.165) is 18.2 Å². The van der Waals surface area contributed by atoms with Gasteiger partial charge in [-0.25, -0.2) is 12.6 Å². The van der Waals surface area contributed by atoms with Crippen LogP contribution in [0.4, 0.5) is 23.0 Å². The van der Waals surface area contributed by atoms with Crippen molar-refractivity contribution in [2.75, 3.05) is 17.7 Å². The smallest absolute Gasteiger partial charge is 0.397 e. The molecule has 0 amide bonds. The molecule has 0 saturated carbocycles. The van der Waals surface area contributed by atoms with Crippen molar-refractivity contribution in [1.82, 2.24) is 15.0 Å². The Morgan fingerprint density at radius 3 is 2.10 bits per heavy atom. The van der Waals surface area contributed by atoms with Gasteiger partial charge in [-0.2, -0.15) is 36.9 Å². The van der Waals surface area contributed by atoms with E-state index in [4.69, 9.17) is 27.8 Å². The maximum absolute atomic E-state index is 12.3. The van der Waals surface area contributed by atoms with Gasteiger partial charge in [-0.15, -0.1) is 5.11 Å². The molecule has 1 heterocycles. The Morgan fingerprint density at radius 2 is 1.50 bits per heavy atom. The highest BCUT2D eigenvalue weighted by Gasteiger charge is 2.23. The summed E-state index contributed by atoms with van der Waals surface area (Å²) in [6.45, 7) is -0.823. The Labute approximate surface area is 247 Å². The van der Waals surface area contributed by atoms with Crippen molar-refractivity contribution in [2.45, 2.75) is 9.79 Å². The number of phenols is 1. The first kappa shape index (κ1) is 31.4. The van der Waals surface area contributed by atoms with Gasteiger partial charge >= 0.3 is 10.4 Å². The standard InChI is InChI=1S/C21H16Cl2N6O10S3/c22-19-25-20(23)27-21(26-19)24-13-2-1-11-9-16(41(33,34)35)17(18(30)15(11)10-13)29-28-12-3-5-14(6-4-12)40(31,32)8-7-39-42(36,37)38/h1-6,9-10,30H,7-8H2,(H,33,34,35)(H,36,37,38)(H,24,25,26,27). The number of anilines is 2. The van der Waals surface area contributed by atoms with Crippen LogP contribution in [-0.2, 0) is 34.5 Å². The highest BCUT2D eigenvalue weighted by molar-refractivity contribution is 7.91. The van der Waals surface area contributed by atoms with Crippen molar-refractivity contribution < 1.29 is 43.6 Å². The lowest BCUT2D eigenvalue weighted by molar-refractivity contribution is 0.284. The summed E-state index contributed by atoms with van der Waals surface area (Å²) in [6, 6.07) is 9.98. The van der Waals surface area contributed by atoms with Gasteiger partial charge in [0.1, 0.15) is 10.6 Å². The number of halogens is 2. The van der Waals surface area contributed by atoms with Crippen molar-refractivity contribution in [2.24, 2.45) is 10.2 Å². The van der Waals surface area contributed by atoms with E-state index in [2.05, 4.69) is 34.7 Å². The van der Waals surface area contributed by atoms with E-state index in [-0.39, 0.29) is 37.9 Å². The molecule has 16 nitrogen and oxygen atoms in total. The normalized spacial score (nSPS) is 12.7. The Morgan fingerprint density at radius 1 is 0.857 bits per heavy atom. The van der Waals surface area contributed by atoms with E-state index in [0.29, 0.717) is 5.69 Å². The van der Waals surface area contributed by atoms with Crippen molar-refractivity contribution >= 4 is 87.3 Å². The second kappa shape index (κ2) is 12.0. The molecule has 42 heavy (non-hydrogen) atoms. The fourth-order valence-corrected chi connectivity index (χ4v) is 5.93. The molecule has 0 atom stereocenters. The highest BCUT2D eigenvalue weighted by atomic mass is 35.5. The predicted molar refractivity (Wildman–Crippen MR) is 149 cm³/mol. The Hall–Kier alpha value is -3.56. The number of phenolic OH excluding ortho intramolecular Hbond substituents is 1. The zero-order valence-corrected chi connectivity index (χ0v) is 24.4. The zero-order chi connectivity index (χ0) is 30.9. The minimum atomic E-state index is -4.90. The summed E-state index contributed by atoms with van der Waals surface area (Å²) < 4.78 is 92.4. The van der Waals surface area contributed by atoms with Gasteiger partial charge < -0.3 is 10.4 Å². The maximum Gasteiger partial charge on any atom is 0.397 e. The van der Waals surface area contributed by atoms with E-state index in [9.17, 15) is 34.9 Å². The van der Waals surface area contributed by atoms with Crippen molar-refractivity contribution in [3.63, 3.8) is 0 Å². The monoisotopic (exact) mass is 678 g/mol. The first-order chi connectivity index (χ1) is 19.5. The van der Waals surface area contributed by atoms with Crippen molar-refractivity contribution in [3.8, 4) is 5.75 Å². The molecule has 0 radical (unpaired) electrons. The number of hydrogen-bond acceptors (Lipinski definition) is 14. The van der Waals surface area contributed by atoms with E-state index in [1.807, 2.05) is 0 Å². The highest BCUT2D eigenvalue weighted by Crippen LogP contribution is 2.42. The van der Waals surface area contributed by atoms with E-state index < -0.39 is 59.0 Å². The fraction of sp³-hybridized carbons (Fsp3) is 0.0952. The molecule has 0 aliphatic carbocycles. The van der Waals surface area contributed by atoms with Crippen LogP contribution in [0.2, 0.25) is 10.6 Å². The lowest BCUT2D eigenvalue weighted by Gasteiger charge is -2.11. The second-order valence-electron chi connectivity index (χ2n) is 8.07. The molecule has 4 aromatic rings. The van der Waals surface area contributed by atoms with Gasteiger partial charge in [0.05, 0.1) is 22.9 Å². The lowest BCUT2D eigenvalue weighted by atomic mass is 10.1. The summed E-state index contributed by atoms with van der Waals surface area (Å²) in [4.78, 5) is 10.4. The van der Waals surface area contributed by atoms with Gasteiger partial charge in [0.25, 0.3) is 10.1 Å². The third-order valence-corrected chi connectivity index (χ3v) is 8.58. The molecule has 222 valence electrons. The summed E-state index contributed by atoms with van der Waals surface area (Å²) in [6.07, 6.45) is 0. The number of hydrogen-bond donors (Lipinski definition) is 4. The number of aromatic hydroxyl groups is 1. The van der Waals surface area contributed by atoms with Gasteiger partial charge in [0.2, 0.25) is 16.5 Å². The third-order valence-electron chi connectivity index (χ3n) is 5.21. The lowest BCUT2D eigenvalue weighted by Crippen LogP contribution is -2.15. The van der Waals surface area contributed by atoms with Crippen LogP contribution < -0.4 is 5.32 Å². The fourth-order valence-electron chi connectivity index (χ4n) is 3.42. The van der Waals surface area contributed by atoms with Crippen LogP contribution in [0.15, 0.2) is 68.6 Å². The minimum absolute atomic E-state index is 0.0166. The molecule has 4 N–H and O–H groups in total. The zero-order valence-electron chi connectivity index (χ0n) is 20.4. The number of sulfone groups is 1. The molecule has 0 fully saturated rings. The molecule has 0 aliphatic rings. The first-order valence-corrected chi connectivity index (χ1v) is 16.2. The molecule has 0 spiro atoms. The Balaban J connectivity index is 1.67.